The van der Waals surface area contributed by atoms with Crippen molar-refractivity contribution in [3.63, 3.8) is 0 Å². The SMILES string of the molecule is Nc1ccc(-c2ccc(F)cc2F)nc1NC(=O)N1Cc2cnn(C3COC3)c2C1. The molecule has 0 spiro atoms. The summed E-state index contributed by atoms with van der Waals surface area (Å²) in [4.78, 5) is 18.7. The van der Waals surface area contributed by atoms with E-state index in [1.165, 1.54) is 18.2 Å². The molecule has 4 heterocycles. The third kappa shape index (κ3) is 3.14. The third-order valence-corrected chi connectivity index (χ3v) is 5.30. The van der Waals surface area contributed by atoms with Crippen molar-refractivity contribution in [3.05, 3.63) is 59.4 Å². The fraction of sp³-hybridized carbons (Fsp3) is 0.250. The van der Waals surface area contributed by atoms with Crippen LogP contribution in [0.4, 0.5) is 25.1 Å². The van der Waals surface area contributed by atoms with E-state index in [0.29, 0.717) is 26.3 Å². The van der Waals surface area contributed by atoms with Crippen LogP contribution in [0.15, 0.2) is 36.5 Å². The van der Waals surface area contributed by atoms with Gasteiger partial charge in [-0.05, 0) is 24.3 Å². The molecule has 154 valence electrons. The lowest BCUT2D eigenvalue weighted by atomic mass is 10.1. The number of nitrogens with two attached hydrogens (primary N) is 1. The fourth-order valence-corrected chi connectivity index (χ4v) is 3.59. The number of amides is 2. The highest BCUT2D eigenvalue weighted by atomic mass is 19.1. The standard InChI is InChI=1S/C20H18F2N6O2/c21-12-1-2-14(15(22)5-12)17-4-3-16(23)19(25-17)26-20(29)27-7-11-6-24-28(18(11)8-27)13-9-30-10-13/h1-6,13H,7-10,23H2,(H,25,26,29). The molecule has 2 aliphatic heterocycles. The Morgan fingerprint density at radius 2 is 2.03 bits per heavy atom. The molecule has 0 atom stereocenters. The molecule has 2 aromatic heterocycles. The number of carbonyl (C=O) groups excluding carboxylic acids is 1. The lowest BCUT2D eigenvalue weighted by Gasteiger charge is -2.28. The van der Waals surface area contributed by atoms with E-state index in [9.17, 15) is 13.6 Å². The minimum atomic E-state index is -0.746. The van der Waals surface area contributed by atoms with Gasteiger partial charge >= 0.3 is 6.03 Å². The third-order valence-electron chi connectivity index (χ3n) is 5.30. The first-order valence-corrected chi connectivity index (χ1v) is 9.40. The number of aromatic nitrogens is 3. The molecule has 3 N–H and O–H groups in total. The van der Waals surface area contributed by atoms with Gasteiger partial charge in [0.15, 0.2) is 5.82 Å². The Kier molecular flexibility index (Phi) is 4.35. The van der Waals surface area contributed by atoms with Crippen molar-refractivity contribution < 1.29 is 18.3 Å². The maximum absolute atomic E-state index is 14.1. The summed E-state index contributed by atoms with van der Waals surface area (Å²) in [6.07, 6.45) is 1.77. The van der Waals surface area contributed by atoms with E-state index in [2.05, 4.69) is 15.4 Å². The van der Waals surface area contributed by atoms with E-state index in [1.54, 1.807) is 11.1 Å². The molecule has 0 saturated carbocycles. The van der Waals surface area contributed by atoms with E-state index in [1.807, 2.05) is 4.68 Å². The Bertz CT molecular complexity index is 1140. The first-order chi connectivity index (χ1) is 14.5. The topological polar surface area (TPSA) is 98.3 Å². The fourth-order valence-electron chi connectivity index (χ4n) is 3.59. The zero-order valence-electron chi connectivity index (χ0n) is 15.8. The van der Waals surface area contributed by atoms with Gasteiger partial charge in [0.2, 0.25) is 0 Å². The number of fused-ring (bicyclic) bond motifs is 1. The Morgan fingerprint density at radius 1 is 1.20 bits per heavy atom. The highest BCUT2D eigenvalue weighted by molar-refractivity contribution is 5.92. The van der Waals surface area contributed by atoms with Gasteiger partial charge in [-0.1, -0.05) is 0 Å². The average molecular weight is 412 g/mol. The normalized spacial score (nSPS) is 15.7. The summed E-state index contributed by atoms with van der Waals surface area (Å²) in [6, 6.07) is 6.09. The molecule has 0 radical (unpaired) electrons. The molecule has 0 bridgehead atoms. The van der Waals surface area contributed by atoms with Crippen LogP contribution in [0, 0.1) is 11.6 Å². The summed E-state index contributed by atoms with van der Waals surface area (Å²) in [7, 11) is 0. The molecule has 1 saturated heterocycles. The van der Waals surface area contributed by atoms with Crippen molar-refractivity contribution in [1.82, 2.24) is 19.7 Å². The van der Waals surface area contributed by atoms with Gasteiger partial charge in [0, 0.05) is 17.2 Å². The molecule has 30 heavy (non-hydrogen) atoms. The number of urea groups is 1. The van der Waals surface area contributed by atoms with Crippen LogP contribution >= 0.6 is 0 Å². The molecule has 10 heteroatoms. The van der Waals surface area contributed by atoms with Gasteiger partial charge in [-0.3, -0.25) is 10.00 Å². The quantitative estimate of drug-likeness (QED) is 0.689. The van der Waals surface area contributed by atoms with Gasteiger partial charge in [0.25, 0.3) is 0 Å². The van der Waals surface area contributed by atoms with Crippen LogP contribution in [-0.2, 0) is 17.8 Å². The predicted octanol–water partition coefficient (Wildman–Crippen LogP) is 2.92. The van der Waals surface area contributed by atoms with Crippen LogP contribution < -0.4 is 11.1 Å². The summed E-state index contributed by atoms with van der Waals surface area (Å²) in [6.45, 7) is 2.06. The van der Waals surface area contributed by atoms with Crippen molar-refractivity contribution in [3.8, 4) is 11.3 Å². The zero-order chi connectivity index (χ0) is 20.8. The van der Waals surface area contributed by atoms with Gasteiger partial charge in [0.1, 0.15) is 11.6 Å². The van der Waals surface area contributed by atoms with Gasteiger partial charge in [-0.25, -0.2) is 18.6 Å². The summed E-state index contributed by atoms with van der Waals surface area (Å²) in [5.41, 5.74) is 8.52. The van der Waals surface area contributed by atoms with E-state index in [-0.39, 0.29) is 34.8 Å². The number of hydrogen-bond donors (Lipinski definition) is 2. The van der Waals surface area contributed by atoms with Crippen LogP contribution in [-0.4, -0.2) is 38.9 Å². The van der Waals surface area contributed by atoms with Gasteiger partial charge < -0.3 is 15.4 Å². The second-order valence-corrected chi connectivity index (χ2v) is 7.30. The minimum Gasteiger partial charge on any atom is -0.396 e. The number of halogens is 2. The summed E-state index contributed by atoms with van der Waals surface area (Å²) in [5.74, 6) is -1.31. The number of nitrogens with one attached hydrogen (secondary N) is 1. The van der Waals surface area contributed by atoms with Crippen molar-refractivity contribution in [2.24, 2.45) is 0 Å². The lowest BCUT2D eigenvalue weighted by Crippen LogP contribution is -2.34. The molecule has 2 amide bonds. The second kappa shape index (κ2) is 7.06. The highest BCUT2D eigenvalue weighted by Crippen LogP contribution is 2.29. The van der Waals surface area contributed by atoms with Crippen LogP contribution in [0.2, 0.25) is 0 Å². The van der Waals surface area contributed by atoms with Crippen LogP contribution in [0.25, 0.3) is 11.3 Å². The maximum Gasteiger partial charge on any atom is 0.323 e. The van der Waals surface area contributed by atoms with E-state index < -0.39 is 11.6 Å². The molecule has 3 aromatic rings. The molecular weight excluding hydrogens is 394 g/mol. The molecule has 1 aromatic carbocycles. The molecular formula is C20H18F2N6O2. The molecule has 1 fully saturated rings. The molecule has 0 unspecified atom stereocenters. The lowest BCUT2D eigenvalue weighted by molar-refractivity contribution is -0.0300. The zero-order valence-corrected chi connectivity index (χ0v) is 15.8. The van der Waals surface area contributed by atoms with Crippen molar-refractivity contribution in [2.75, 3.05) is 24.3 Å². The predicted molar refractivity (Wildman–Crippen MR) is 104 cm³/mol. The number of ether oxygens (including phenoxy) is 1. The number of rotatable bonds is 3. The Labute approximate surface area is 170 Å². The largest absolute Gasteiger partial charge is 0.396 e. The van der Waals surface area contributed by atoms with Crippen LogP contribution in [0.1, 0.15) is 17.3 Å². The van der Waals surface area contributed by atoms with Gasteiger partial charge in [-0.2, -0.15) is 5.10 Å². The summed E-state index contributed by atoms with van der Waals surface area (Å²) >= 11 is 0. The van der Waals surface area contributed by atoms with E-state index >= 15 is 0 Å². The van der Waals surface area contributed by atoms with Crippen molar-refractivity contribution >= 4 is 17.5 Å². The van der Waals surface area contributed by atoms with Gasteiger partial charge in [0.05, 0.1) is 55.6 Å². The highest BCUT2D eigenvalue weighted by Gasteiger charge is 2.32. The second-order valence-electron chi connectivity index (χ2n) is 7.30. The maximum atomic E-state index is 14.1. The van der Waals surface area contributed by atoms with Gasteiger partial charge in [-0.15, -0.1) is 0 Å². The molecule has 5 rings (SSSR count). The number of anilines is 2. The van der Waals surface area contributed by atoms with Crippen molar-refractivity contribution in [1.29, 1.82) is 0 Å². The van der Waals surface area contributed by atoms with Crippen molar-refractivity contribution in [2.45, 2.75) is 19.1 Å². The Morgan fingerprint density at radius 3 is 2.77 bits per heavy atom. The Hall–Kier alpha value is -3.53. The van der Waals surface area contributed by atoms with E-state index in [4.69, 9.17) is 10.5 Å². The number of benzene rings is 1. The van der Waals surface area contributed by atoms with E-state index in [0.717, 1.165) is 23.4 Å². The first kappa shape index (κ1) is 18.5. The monoisotopic (exact) mass is 412 g/mol. The number of nitrogen functional groups attached to an aromatic ring is 1. The molecule has 0 aliphatic carbocycles. The number of pyridine rings is 1. The Balaban J connectivity index is 1.34. The van der Waals surface area contributed by atoms with Crippen LogP contribution in [0.3, 0.4) is 0 Å². The average Bonchev–Trinajstić information content (AvgIpc) is 3.25. The summed E-state index contributed by atoms with van der Waals surface area (Å²) < 4.78 is 34.4. The smallest absolute Gasteiger partial charge is 0.323 e. The molecule has 8 nitrogen and oxygen atoms in total. The molecule has 2 aliphatic rings. The number of carbonyl (C=O) groups is 1. The number of hydrogen-bond acceptors (Lipinski definition) is 5. The minimum absolute atomic E-state index is 0.114. The number of nitrogens with zero attached hydrogens (tertiary/aromatic N) is 4. The first-order valence-electron chi connectivity index (χ1n) is 9.40. The van der Waals surface area contributed by atoms with Crippen LogP contribution in [0.5, 0.6) is 0 Å². The summed E-state index contributed by atoms with van der Waals surface area (Å²) in [5, 5.41) is 7.09.